The number of benzene rings is 1. The second-order valence-corrected chi connectivity index (χ2v) is 8.26. The molecule has 140 valence electrons. The van der Waals surface area contributed by atoms with Gasteiger partial charge < -0.3 is 15.1 Å². The van der Waals surface area contributed by atoms with E-state index in [0.717, 1.165) is 61.7 Å². The van der Waals surface area contributed by atoms with E-state index in [0.29, 0.717) is 0 Å². The van der Waals surface area contributed by atoms with Gasteiger partial charge in [0.05, 0.1) is 5.52 Å². The van der Waals surface area contributed by atoms with Crippen molar-refractivity contribution in [2.75, 3.05) is 50.5 Å². The number of para-hydroxylation sites is 1. The normalized spacial score (nSPS) is 22.8. The molecule has 5 nitrogen and oxygen atoms in total. The first-order valence-electron chi connectivity index (χ1n) is 10.1. The molecule has 1 aromatic heterocycles. The van der Waals surface area contributed by atoms with E-state index in [-0.39, 0.29) is 0 Å². The molecule has 2 bridgehead atoms. The molecule has 1 saturated carbocycles. The molecule has 1 N–H and O–H groups in total. The van der Waals surface area contributed by atoms with Gasteiger partial charge in [-0.05, 0) is 76.7 Å². The second-order valence-electron chi connectivity index (χ2n) is 8.26. The van der Waals surface area contributed by atoms with E-state index in [1.165, 1.54) is 31.1 Å². The zero-order valence-electron chi connectivity index (χ0n) is 16.1. The minimum atomic E-state index is 0.772. The number of nitrogens with zero attached hydrogens (tertiary/aromatic N) is 4. The van der Waals surface area contributed by atoms with Crippen LogP contribution in [0, 0.1) is 11.8 Å². The van der Waals surface area contributed by atoms with Crippen LogP contribution in [0.3, 0.4) is 0 Å². The molecular weight excluding hydrogens is 322 g/mol. The fraction of sp³-hybridized carbons (Fsp3) is 0.619. The Balaban J connectivity index is 1.60. The van der Waals surface area contributed by atoms with Crippen molar-refractivity contribution in [2.24, 2.45) is 11.8 Å². The van der Waals surface area contributed by atoms with Crippen molar-refractivity contribution >= 4 is 22.7 Å². The van der Waals surface area contributed by atoms with Crippen LogP contribution in [0.5, 0.6) is 0 Å². The molecule has 0 atom stereocenters. The van der Waals surface area contributed by atoms with Crippen molar-refractivity contribution in [3.05, 3.63) is 24.3 Å². The molecule has 2 aromatic rings. The standard InChI is InChI=1S/C21H31N5/c1-25(2)13-5-12-22-21-23-19-7-4-3-6-18(19)20(24-21)26-14-16-8-9-17(15-26)11-10-16/h3-4,6-7,16-17H,5,8-15H2,1-2H3,(H,22,23,24). The Morgan fingerprint density at radius 1 is 1.04 bits per heavy atom. The summed E-state index contributed by atoms with van der Waals surface area (Å²) in [6, 6.07) is 8.46. The highest BCUT2D eigenvalue weighted by atomic mass is 15.2. The van der Waals surface area contributed by atoms with E-state index < -0.39 is 0 Å². The first-order chi connectivity index (χ1) is 12.7. The SMILES string of the molecule is CN(C)CCCNc1nc(N2CC3CCC(CC3)C2)c2ccccc2n1. The van der Waals surface area contributed by atoms with E-state index in [1.807, 2.05) is 0 Å². The predicted octanol–water partition coefficient (Wildman–Crippen LogP) is 3.62. The topological polar surface area (TPSA) is 44.3 Å². The lowest BCUT2D eigenvalue weighted by molar-refractivity contribution is 0.326. The average Bonchev–Trinajstić information content (AvgIpc) is 2.98. The maximum absolute atomic E-state index is 4.97. The van der Waals surface area contributed by atoms with Crippen LogP contribution < -0.4 is 10.2 Å². The molecule has 2 aliphatic heterocycles. The lowest BCUT2D eigenvalue weighted by Gasteiger charge is -2.25. The lowest BCUT2D eigenvalue weighted by Crippen LogP contribution is -2.29. The minimum Gasteiger partial charge on any atom is -0.355 e. The Kier molecular flexibility index (Phi) is 5.25. The van der Waals surface area contributed by atoms with Gasteiger partial charge in [-0.3, -0.25) is 0 Å². The zero-order chi connectivity index (χ0) is 17.9. The Bertz CT molecular complexity index is 722. The largest absolute Gasteiger partial charge is 0.355 e. The van der Waals surface area contributed by atoms with Gasteiger partial charge in [0.1, 0.15) is 5.82 Å². The number of hydrogen-bond donors (Lipinski definition) is 1. The summed E-state index contributed by atoms with van der Waals surface area (Å²) in [4.78, 5) is 14.5. The summed E-state index contributed by atoms with van der Waals surface area (Å²) in [5, 5.41) is 4.64. The first kappa shape index (κ1) is 17.5. The molecule has 3 aliphatic rings. The average molecular weight is 354 g/mol. The van der Waals surface area contributed by atoms with Crippen LogP contribution in [0.1, 0.15) is 32.1 Å². The van der Waals surface area contributed by atoms with E-state index >= 15 is 0 Å². The van der Waals surface area contributed by atoms with Gasteiger partial charge in [0.15, 0.2) is 0 Å². The monoisotopic (exact) mass is 353 g/mol. The van der Waals surface area contributed by atoms with Crippen LogP contribution in [-0.2, 0) is 0 Å². The molecule has 0 radical (unpaired) electrons. The molecule has 2 saturated heterocycles. The van der Waals surface area contributed by atoms with Crippen molar-refractivity contribution in [2.45, 2.75) is 32.1 Å². The lowest BCUT2D eigenvalue weighted by atomic mass is 9.84. The van der Waals surface area contributed by atoms with Gasteiger partial charge in [-0.2, -0.15) is 4.98 Å². The van der Waals surface area contributed by atoms with Crippen molar-refractivity contribution in [1.29, 1.82) is 0 Å². The van der Waals surface area contributed by atoms with E-state index in [4.69, 9.17) is 9.97 Å². The van der Waals surface area contributed by atoms with Gasteiger partial charge >= 0.3 is 0 Å². The third-order valence-corrected chi connectivity index (χ3v) is 5.87. The Morgan fingerprint density at radius 3 is 2.42 bits per heavy atom. The smallest absolute Gasteiger partial charge is 0.225 e. The minimum absolute atomic E-state index is 0.772. The third kappa shape index (κ3) is 3.93. The summed E-state index contributed by atoms with van der Waals surface area (Å²) in [5.74, 6) is 3.57. The zero-order valence-corrected chi connectivity index (χ0v) is 16.1. The predicted molar refractivity (Wildman–Crippen MR) is 109 cm³/mol. The molecule has 0 amide bonds. The highest BCUT2D eigenvalue weighted by molar-refractivity contribution is 5.90. The molecule has 5 heteroatoms. The van der Waals surface area contributed by atoms with Crippen LogP contribution in [0.4, 0.5) is 11.8 Å². The summed E-state index contributed by atoms with van der Waals surface area (Å²) in [7, 11) is 4.22. The van der Waals surface area contributed by atoms with Gasteiger partial charge in [-0.1, -0.05) is 12.1 Å². The fourth-order valence-electron chi connectivity index (χ4n) is 4.44. The third-order valence-electron chi connectivity index (χ3n) is 5.87. The van der Waals surface area contributed by atoms with Crippen molar-refractivity contribution < 1.29 is 0 Å². The summed E-state index contributed by atoms with van der Waals surface area (Å²) >= 11 is 0. The van der Waals surface area contributed by atoms with Crippen LogP contribution in [0.2, 0.25) is 0 Å². The van der Waals surface area contributed by atoms with Crippen LogP contribution in [0.25, 0.3) is 10.9 Å². The first-order valence-corrected chi connectivity index (χ1v) is 10.1. The molecule has 26 heavy (non-hydrogen) atoms. The number of aromatic nitrogens is 2. The number of nitrogens with one attached hydrogen (secondary N) is 1. The summed E-state index contributed by atoms with van der Waals surface area (Å²) in [6.45, 7) is 4.28. The number of anilines is 2. The summed E-state index contributed by atoms with van der Waals surface area (Å²) < 4.78 is 0. The van der Waals surface area contributed by atoms with E-state index in [1.54, 1.807) is 0 Å². The molecule has 3 heterocycles. The highest BCUT2D eigenvalue weighted by Gasteiger charge is 2.30. The Hall–Kier alpha value is -1.88. The van der Waals surface area contributed by atoms with Crippen molar-refractivity contribution in [1.82, 2.24) is 14.9 Å². The van der Waals surface area contributed by atoms with Crippen LogP contribution in [0.15, 0.2) is 24.3 Å². The van der Waals surface area contributed by atoms with Gasteiger partial charge in [0, 0.05) is 25.0 Å². The quantitative estimate of drug-likeness (QED) is 0.804. The summed E-state index contributed by atoms with van der Waals surface area (Å²) in [5.41, 5.74) is 1.05. The molecule has 5 rings (SSSR count). The molecular formula is C21H31N5. The van der Waals surface area contributed by atoms with E-state index in [9.17, 15) is 0 Å². The fourth-order valence-corrected chi connectivity index (χ4v) is 4.44. The maximum Gasteiger partial charge on any atom is 0.225 e. The second kappa shape index (κ2) is 7.78. The van der Waals surface area contributed by atoms with Crippen LogP contribution in [-0.4, -0.2) is 55.1 Å². The number of fused-ring (bicyclic) bond motifs is 5. The summed E-state index contributed by atoms with van der Waals surface area (Å²) in [6.07, 6.45) is 6.64. The number of hydrogen-bond acceptors (Lipinski definition) is 5. The van der Waals surface area contributed by atoms with Gasteiger partial charge in [-0.15, -0.1) is 0 Å². The van der Waals surface area contributed by atoms with Gasteiger partial charge in [-0.25, -0.2) is 4.98 Å². The van der Waals surface area contributed by atoms with Crippen molar-refractivity contribution in [3.63, 3.8) is 0 Å². The number of rotatable bonds is 6. The highest BCUT2D eigenvalue weighted by Crippen LogP contribution is 2.37. The molecule has 1 aromatic carbocycles. The Morgan fingerprint density at radius 2 is 1.73 bits per heavy atom. The molecule has 1 aliphatic carbocycles. The van der Waals surface area contributed by atoms with Gasteiger partial charge in [0.25, 0.3) is 0 Å². The van der Waals surface area contributed by atoms with E-state index in [2.05, 4.69) is 53.5 Å². The molecule has 0 unspecified atom stereocenters. The maximum atomic E-state index is 4.97. The van der Waals surface area contributed by atoms with Crippen molar-refractivity contribution in [3.8, 4) is 0 Å². The molecule has 0 spiro atoms. The van der Waals surface area contributed by atoms with Gasteiger partial charge in [0.2, 0.25) is 5.95 Å². The Labute approximate surface area is 156 Å². The van der Waals surface area contributed by atoms with Crippen LogP contribution >= 0.6 is 0 Å². The molecule has 3 fully saturated rings.